The fourth-order valence-electron chi connectivity index (χ4n) is 1.51. The van der Waals surface area contributed by atoms with E-state index in [1.807, 2.05) is 26.0 Å². The molecular weight excluding hydrogens is 176 g/mol. The van der Waals surface area contributed by atoms with Crippen LogP contribution < -0.4 is 0 Å². The third-order valence-electron chi connectivity index (χ3n) is 2.58. The molecule has 0 spiro atoms. The van der Waals surface area contributed by atoms with Crippen molar-refractivity contribution in [2.24, 2.45) is 0 Å². The molecule has 2 heteroatoms. The van der Waals surface area contributed by atoms with Gasteiger partial charge in [-0.3, -0.25) is 0 Å². The molecule has 0 aliphatic heterocycles. The average Bonchev–Trinajstić information content (AvgIpc) is 2.27. The molecule has 0 saturated heterocycles. The maximum atomic E-state index is 5.32. The molecule has 0 N–H and O–H groups in total. The fraction of sp³-hybridized carbons (Fsp3) is 0.500. The van der Waals surface area contributed by atoms with E-state index in [2.05, 4.69) is 12.1 Å². The third-order valence-corrected chi connectivity index (χ3v) is 2.58. The van der Waals surface area contributed by atoms with Gasteiger partial charge in [-0.15, -0.1) is 0 Å². The van der Waals surface area contributed by atoms with Crippen LogP contribution in [0.2, 0.25) is 0 Å². The fourth-order valence-corrected chi connectivity index (χ4v) is 1.51. The Morgan fingerprint density at radius 1 is 0.857 bits per heavy atom. The Labute approximate surface area is 85.8 Å². The summed E-state index contributed by atoms with van der Waals surface area (Å²) >= 11 is 0. The first-order valence-electron chi connectivity index (χ1n) is 4.85. The van der Waals surface area contributed by atoms with Crippen molar-refractivity contribution in [2.75, 3.05) is 14.2 Å². The Morgan fingerprint density at radius 2 is 1.21 bits per heavy atom. The molecule has 0 heterocycles. The van der Waals surface area contributed by atoms with Gasteiger partial charge in [0, 0.05) is 14.2 Å². The largest absolute Gasteiger partial charge is 0.377 e. The standard InChI is InChI=1S/C12H18O2/c1-9(13-3)11-7-5-6-8-12(11)10(2)14-4/h5-10H,1-4H3/t9-,10-/m1/s1. The van der Waals surface area contributed by atoms with E-state index >= 15 is 0 Å². The van der Waals surface area contributed by atoms with Crippen molar-refractivity contribution >= 4 is 0 Å². The van der Waals surface area contributed by atoms with Crippen LogP contribution in [-0.4, -0.2) is 14.2 Å². The lowest BCUT2D eigenvalue weighted by Gasteiger charge is -2.18. The molecule has 0 amide bonds. The molecule has 1 rings (SSSR count). The molecule has 2 atom stereocenters. The van der Waals surface area contributed by atoms with Crippen molar-refractivity contribution in [1.29, 1.82) is 0 Å². The van der Waals surface area contributed by atoms with E-state index < -0.39 is 0 Å². The van der Waals surface area contributed by atoms with Crippen molar-refractivity contribution < 1.29 is 9.47 Å². The highest BCUT2D eigenvalue weighted by atomic mass is 16.5. The van der Waals surface area contributed by atoms with E-state index in [9.17, 15) is 0 Å². The van der Waals surface area contributed by atoms with Gasteiger partial charge in [-0.05, 0) is 25.0 Å². The molecule has 0 radical (unpaired) electrons. The lowest BCUT2D eigenvalue weighted by molar-refractivity contribution is 0.100. The molecule has 0 bridgehead atoms. The first kappa shape index (κ1) is 11.2. The first-order valence-corrected chi connectivity index (χ1v) is 4.85. The molecule has 2 nitrogen and oxygen atoms in total. The molecule has 78 valence electrons. The molecule has 0 unspecified atom stereocenters. The van der Waals surface area contributed by atoms with Gasteiger partial charge in [0.2, 0.25) is 0 Å². The molecule has 0 aliphatic carbocycles. The van der Waals surface area contributed by atoms with E-state index in [0.29, 0.717) is 0 Å². The summed E-state index contributed by atoms with van der Waals surface area (Å²) in [6, 6.07) is 8.21. The summed E-state index contributed by atoms with van der Waals surface area (Å²) < 4.78 is 10.6. The maximum absolute atomic E-state index is 5.32. The minimum atomic E-state index is 0.115. The van der Waals surface area contributed by atoms with Crippen molar-refractivity contribution in [3.63, 3.8) is 0 Å². The second-order valence-corrected chi connectivity index (χ2v) is 3.38. The predicted molar refractivity (Wildman–Crippen MR) is 57.3 cm³/mol. The number of benzene rings is 1. The van der Waals surface area contributed by atoms with Gasteiger partial charge < -0.3 is 9.47 Å². The van der Waals surface area contributed by atoms with Crippen molar-refractivity contribution in [1.82, 2.24) is 0 Å². The highest BCUT2D eigenvalue weighted by molar-refractivity contribution is 5.30. The third kappa shape index (κ3) is 2.34. The monoisotopic (exact) mass is 194 g/mol. The summed E-state index contributed by atoms with van der Waals surface area (Å²) in [5.41, 5.74) is 2.40. The quantitative estimate of drug-likeness (QED) is 0.733. The average molecular weight is 194 g/mol. The Morgan fingerprint density at radius 3 is 1.50 bits per heavy atom. The summed E-state index contributed by atoms with van der Waals surface area (Å²) in [7, 11) is 3.44. The summed E-state index contributed by atoms with van der Waals surface area (Å²) in [4.78, 5) is 0. The summed E-state index contributed by atoms with van der Waals surface area (Å²) in [6.45, 7) is 4.09. The number of hydrogen-bond acceptors (Lipinski definition) is 2. The van der Waals surface area contributed by atoms with Gasteiger partial charge >= 0.3 is 0 Å². The van der Waals surface area contributed by atoms with Gasteiger partial charge in [0.25, 0.3) is 0 Å². The SMILES string of the molecule is CO[C@H](C)c1ccccc1[C@@H](C)OC. The van der Waals surface area contributed by atoms with Crippen LogP contribution in [0.1, 0.15) is 37.2 Å². The summed E-state index contributed by atoms with van der Waals surface area (Å²) in [6.07, 6.45) is 0.229. The normalized spacial score (nSPS) is 15.1. The number of rotatable bonds is 4. The second-order valence-electron chi connectivity index (χ2n) is 3.38. The lowest BCUT2D eigenvalue weighted by atomic mass is 9.99. The van der Waals surface area contributed by atoms with Crippen molar-refractivity contribution in [3.05, 3.63) is 35.4 Å². The van der Waals surface area contributed by atoms with Gasteiger partial charge in [-0.25, -0.2) is 0 Å². The second kappa shape index (κ2) is 5.13. The zero-order chi connectivity index (χ0) is 10.6. The van der Waals surface area contributed by atoms with Gasteiger partial charge in [-0.2, -0.15) is 0 Å². The first-order chi connectivity index (χ1) is 6.70. The van der Waals surface area contributed by atoms with Gasteiger partial charge in [0.1, 0.15) is 0 Å². The molecular formula is C12H18O2. The zero-order valence-electron chi connectivity index (χ0n) is 9.28. The van der Waals surface area contributed by atoms with Crippen LogP contribution in [0, 0.1) is 0 Å². The maximum Gasteiger partial charge on any atom is 0.0796 e. The van der Waals surface area contributed by atoms with E-state index in [4.69, 9.17) is 9.47 Å². The smallest absolute Gasteiger partial charge is 0.0796 e. The van der Waals surface area contributed by atoms with E-state index in [-0.39, 0.29) is 12.2 Å². The molecule has 1 aromatic carbocycles. The van der Waals surface area contributed by atoms with Crippen LogP contribution >= 0.6 is 0 Å². The van der Waals surface area contributed by atoms with Crippen molar-refractivity contribution in [3.8, 4) is 0 Å². The predicted octanol–water partition coefficient (Wildman–Crippen LogP) is 3.10. The zero-order valence-corrected chi connectivity index (χ0v) is 9.28. The van der Waals surface area contributed by atoms with Crippen LogP contribution in [0.25, 0.3) is 0 Å². The Kier molecular flexibility index (Phi) is 4.11. The molecule has 0 aromatic heterocycles. The molecule has 0 fully saturated rings. The lowest BCUT2D eigenvalue weighted by Crippen LogP contribution is -2.05. The van der Waals surface area contributed by atoms with E-state index in [0.717, 1.165) is 0 Å². The summed E-state index contributed by atoms with van der Waals surface area (Å²) in [5.74, 6) is 0. The van der Waals surface area contributed by atoms with Crippen molar-refractivity contribution in [2.45, 2.75) is 26.1 Å². The highest BCUT2D eigenvalue weighted by Gasteiger charge is 2.13. The Hall–Kier alpha value is -0.860. The molecule has 1 aromatic rings. The van der Waals surface area contributed by atoms with Gasteiger partial charge in [0.15, 0.2) is 0 Å². The van der Waals surface area contributed by atoms with Crippen LogP contribution in [0.4, 0.5) is 0 Å². The number of hydrogen-bond donors (Lipinski definition) is 0. The van der Waals surface area contributed by atoms with Crippen LogP contribution in [0.3, 0.4) is 0 Å². The topological polar surface area (TPSA) is 18.5 Å². The molecule has 14 heavy (non-hydrogen) atoms. The minimum absolute atomic E-state index is 0.115. The van der Waals surface area contributed by atoms with Gasteiger partial charge in [-0.1, -0.05) is 24.3 Å². The Balaban J connectivity index is 3.02. The van der Waals surface area contributed by atoms with E-state index in [1.165, 1.54) is 11.1 Å². The highest BCUT2D eigenvalue weighted by Crippen LogP contribution is 2.26. The Bertz CT molecular complexity index is 254. The molecule has 0 aliphatic rings. The van der Waals surface area contributed by atoms with Crippen LogP contribution in [0.15, 0.2) is 24.3 Å². The number of methoxy groups -OCH3 is 2. The van der Waals surface area contributed by atoms with Gasteiger partial charge in [0.05, 0.1) is 12.2 Å². The van der Waals surface area contributed by atoms with Crippen LogP contribution in [0.5, 0.6) is 0 Å². The van der Waals surface area contributed by atoms with Crippen LogP contribution in [-0.2, 0) is 9.47 Å². The summed E-state index contributed by atoms with van der Waals surface area (Å²) in [5, 5.41) is 0. The van der Waals surface area contributed by atoms with E-state index in [1.54, 1.807) is 14.2 Å². The molecule has 0 saturated carbocycles. The minimum Gasteiger partial charge on any atom is -0.377 e. The number of ether oxygens (including phenoxy) is 2.